The number of pyridine rings is 1. The van der Waals surface area contributed by atoms with E-state index in [-0.39, 0.29) is 29.5 Å². The third-order valence-corrected chi connectivity index (χ3v) is 6.80. The van der Waals surface area contributed by atoms with Gasteiger partial charge in [-0.15, -0.1) is 0 Å². The standard InChI is InChI=1S/C26H32FN3O2/c1-18-14-21(15-20-5-7-24(27)8-6-20)16-25(28-18)23-4-3-11-30(17-23)26(32)22-9-12-29(13-10-22)19(2)31/h5-8,14,16,22-23H,3-4,9-13,15,17H2,1-2H3. The minimum absolute atomic E-state index is 0.0175. The molecule has 5 nitrogen and oxygen atoms in total. The number of aromatic nitrogens is 1. The molecule has 1 atom stereocenters. The quantitative estimate of drug-likeness (QED) is 0.724. The van der Waals surface area contributed by atoms with Crippen molar-refractivity contribution >= 4 is 11.8 Å². The molecule has 2 aliphatic heterocycles. The molecule has 0 N–H and O–H groups in total. The van der Waals surface area contributed by atoms with E-state index in [0.29, 0.717) is 19.6 Å². The lowest BCUT2D eigenvalue weighted by atomic mass is 9.90. The van der Waals surface area contributed by atoms with Crippen LogP contribution in [0.25, 0.3) is 0 Å². The van der Waals surface area contributed by atoms with Gasteiger partial charge in [0.1, 0.15) is 5.82 Å². The van der Waals surface area contributed by atoms with Gasteiger partial charge in [-0.05, 0) is 74.4 Å². The summed E-state index contributed by atoms with van der Waals surface area (Å²) in [4.78, 5) is 33.4. The molecule has 170 valence electrons. The zero-order chi connectivity index (χ0) is 22.7. The summed E-state index contributed by atoms with van der Waals surface area (Å²) in [7, 11) is 0. The Labute approximate surface area is 189 Å². The van der Waals surface area contributed by atoms with Crippen LogP contribution in [-0.4, -0.2) is 52.8 Å². The van der Waals surface area contributed by atoms with E-state index < -0.39 is 0 Å². The van der Waals surface area contributed by atoms with E-state index in [1.165, 1.54) is 17.7 Å². The number of benzene rings is 1. The monoisotopic (exact) mass is 437 g/mol. The SMILES string of the molecule is CC(=O)N1CCC(C(=O)N2CCCC(c3cc(Cc4ccc(F)cc4)cc(C)n3)C2)CC1. The minimum atomic E-state index is -0.223. The van der Waals surface area contributed by atoms with Crippen molar-refractivity contribution < 1.29 is 14.0 Å². The van der Waals surface area contributed by atoms with Crippen LogP contribution in [0.15, 0.2) is 36.4 Å². The van der Waals surface area contributed by atoms with Gasteiger partial charge in [-0.3, -0.25) is 14.6 Å². The number of aryl methyl sites for hydroxylation is 1. The van der Waals surface area contributed by atoms with Crippen LogP contribution in [0.5, 0.6) is 0 Å². The number of nitrogens with zero attached hydrogens (tertiary/aromatic N) is 3. The van der Waals surface area contributed by atoms with E-state index in [1.807, 2.05) is 28.9 Å². The summed E-state index contributed by atoms with van der Waals surface area (Å²) >= 11 is 0. The first kappa shape index (κ1) is 22.4. The third-order valence-electron chi connectivity index (χ3n) is 6.80. The topological polar surface area (TPSA) is 53.5 Å². The molecule has 0 radical (unpaired) electrons. The van der Waals surface area contributed by atoms with Gasteiger partial charge in [0.05, 0.1) is 0 Å². The average Bonchev–Trinajstić information content (AvgIpc) is 2.80. The predicted octanol–water partition coefficient (Wildman–Crippen LogP) is 4.08. The minimum Gasteiger partial charge on any atom is -0.343 e. The lowest BCUT2D eigenvalue weighted by molar-refractivity contribution is -0.141. The van der Waals surface area contributed by atoms with Crippen LogP contribution in [0.2, 0.25) is 0 Å². The lowest BCUT2D eigenvalue weighted by Crippen LogP contribution is -2.46. The number of likely N-dealkylation sites (tertiary alicyclic amines) is 2. The molecule has 3 heterocycles. The van der Waals surface area contributed by atoms with Gasteiger partial charge in [0.25, 0.3) is 0 Å². The van der Waals surface area contributed by atoms with Gasteiger partial charge in [0, 0.05) is 56.3 Å². The molecular weight excluding hydrogens is 405 g/mol. The van der Waals surface area contributed by atoms with Gasteiger partial charge in [0.15, 0.2) is 0 Å². The highest BCUT2D eigenvalue weighted by atomic mass is 19.1. The Kier molecular flexibility index (Phi) is 6.87. The molecule has 0 spiro atoms. The number of piperidine rings is 2. The highest BCUT2D eigenvalue weighted by Gasteiger charge is 2.32. The van der Waals surface area contributed by atoms with Crippen molar-refractivity contribution in [1.82, 2.24) is 14.8 Å². The van der Waals surface area contributed by atoms with Crippen LogP contribution in [0.4, 0.5) is 4.39 Å². The second-order valence-electron chi connectivity index (χ2n) is 9.25. The number of hydrogen-bond acceptors (Lipinski definition) is 3. The Morgan fingerprint density at radius 3 is 2.41 bits per heavy atom. The van der Waals surface area contributed by atoms with Crippen LogP contribution in [-0.2, 0) is 16.0 Å². The van der Waals surface area contributed by atoms with Crippen molar-refractivity contribution in [3.63, 3.8) is 0 Å². The summed E-state index contributed by atoms with van der Waals surface area (Å²) < 4.78 is 13.2. The summed E-state index contributed by atoms with van der Waals surface area (Å²) in [5.41, 5.74) is 4.25. The Bertz CT molecular complexity index is 968. The first-order valence-electron chi connectivity index (χ1n) is 11.7. The number of hydrogen-bond donors (Lipinski definition) is 0. The summed E-state index contributed by atoms with van der Waals surface area (Å²) in [5, 5.41) is 0. The maximum Gasteiger partial charge on any atom is 0.225 e. The zero-order valence-electron chi connectivity index (χ0n) is 19.0. The van der Waals surface area contributed by atoms with Gasteiger partial charge in [-0.2, -0.15) is 0 Å². The molecule has 2 amide bonds. The molecule has 6 heteroatoms. The maximum atomic E-state index is 13.2. The molecule has 1 aromatic carbocycles. The number of carbonyl (C=O) groups is 2. The van der Waals surface area contributed by atoms with Crippen LogP contribution in [0, 0.1) is 18.7 Å². The fraction of sp³-hybridized carbons (Fsp3) is 0.500. The van der Waals surface area contributed by atoms with Crippen molar-refractivity contribution in [2.24, 2.45) is 5.92 Å². The molecule has 2 fully saturated rings. The smallest absolute Gasteiger partial charge is 0.225 e. The van der Waals surface area contributed by atoms with E-state index in [9.17, 15) is 14.0 Å². The molecule has 4 rings (SSSR count). The summed E-state index contributed by atoms with van der Waals surface area (Å²) in [5.74, 6) is 0.355. The summed E-state index contributed by atoms with van der Waals surface area (Å²) in [6, 6.07) is 10.9. The molecule has 2 aliphatic rings. The molecule has 1 aromatic heterocycles. The van der Waals surface area contributed by atoms with Gasteiger partial charge in [-0.1, -0.05) is 12.1 Å². The van der Waals surface area contributed by atoms with Crippen molar-refractivity contribution in [3.8, 4) is 0 Å². The number of rotatable bonds is 4. The van der Waals surface area contributed by atoms with Crippen LogP contribution in [0.1, 0.15) is 61.0 Å². The fourth-order valence-electron chi connectivity index (χ4n) is 5.04. The maximum absolute atomic E-state index is 13.2. The van der Waals surface area contributed by atoms with E-state index in [0.717, 1.165) is 55.6 Å². The average molecular weight is 438 g/mol. The van der Waals surface area contributed by atoms with E-state index >= 15 is 0 Å². The van der Waals surface area contributed by atoms with Crippen LogP contribution >= 0.6 is 0 Å². The highest BCUT2D eigenvalue weighted by molar-refractivity contribution is 5.80. The number of amides is 2. The second kappa shape index (κ2) is 9.80. The van der Waals surface area contributed by atoms with Crippen molar-refractivity contribution in [2.45, 2.75) is 51.9 Å². The van der Waals surface area contributed by atoms with Crippen molar-refractivity contribution in [1.29, 1.82) is 0 Å². The Hall–Kier alpha value is -2.76. The zero-order valence-corrected chi connectivity index (χ0v) is 19.0. The van der Waals surface area contributed by atoms with E-state index in [1.54, 1.807) is 6.92 Å². The van der Waals surface area contributed by atoms with Crippen molar-refractivity contribution in [2.75, 3.05) is 26.2 Å². The first-order chi connectivity index (χ1) is 15.4. The Balaban J connectivity index is 1.42. The summed E-state index contributed by atoms with van der Waals surface area (Å²) in [6.07, 6.45) is 4.25. The second-order valence-corrected chi connectivity index (χ2v) is 9.25. The number of carbonyl (C=O) groups excluding carboxylic acids is 2. The Morgan fingerprint density at radius 1 is 1.00 bits per heavy atom. The molecule has 1 unspecified atom stereocenters. The van der Waals surface area contributed by atoms with Crippen molar-refractivity contribution in [3.05, 3.63) is 64.7 Å². The van der Waals surface area contributed by atoms with Gasteiger partial charge >= 0.3 is 0 Å². The highest BCUT2D eigenvalue weighted by Crippen LogP contribution is 2.29. The largest absolute Gasteiger partial charge is 0.343 e. The van der Waals surface area contributed by atoms with Crippen LogP contribution < -0.4 is 0 Å². The molecule has 0 bridgehead atoms. The van der Waals surface area contributed by atoms with Gasteiger partial charge in [-0.25, -0.2) is 4.39 Å². The van der Waals surface area contributed by atoms with E-state index in [4.69, 9.17) is 4.98 Å². The normalized spacial score (nSPS) is 19.8. The molecule has 2 saturated heterocycles. The third kappa shape index (κ3) is 5.34. The van der Waals surface area contributed by atoms with Crippen LogP contribution in [0.3, 0.4) is 0 Å². The predicted molar refractivity (Wildman–Crippen MR) is 122 cm³/mol. The molecular formula is C26H32FN3O2. The van der Waals surface area contributed by atoms with E-state index in [2.05, 4.69) is 12.1 Å². The number of halogens is 1. The molecule has 0 aliphatic carbocycles. The summed E-state index contributed by atoms with van der Waals surface area (Å²) in [6.45, 7) is 6.46. The fourth-order valence-corrected chi connectivity index (χ4v) is 5.04. The lowest BCUT2D eigenvalue weighted by Gasteiger charge is -2.37. The molecule has 0 saturated carbocycles. The Morgan fingerprint density at radius 2 is 1.72 bits per heavy atom. The first-order valence-corrected chi connectivity index (χ1v) is 11.7. The van der Waals surface area contributed by atoms with Gasteiger partial charge in [0.2, 0.25) is 11.8 Å². The molecule has 32 heavy (non-hydrogen) atoms. The molecule has 2 aromatic rings. The van der Waals surface area contributed by atoms with Gasteiger partial charge < -0.3 is 9.80 Å².